The van der Waals surface area contributed by atoms with Gasteiger partial charge in [-0.1, -0.05) is 12.1 Å². The van der Waals surface area contributed by atoms with E-state index in [9.17, 15) is 4.79 Å². The molecule has 1 aliphatic heterocycles. The van der Waals surface area contributed by atoms with E-state index in [1.54, 1.807) is 11.8 Å². The first-order chi connectivity index (χ1) is 10.2. The predicted octanol–water partition coefficient (Wildman–Crippen LogP) is 2.26. The molecule has 1 aromatic carbocycles. The molecule has 0 bridgehead atoms. The predicted molar refractivity (Wildman–Crippen MR) is 81.1 cm³/mol. The first-order valence-electron chi connectivity index (χ1n) is 6.56. The first-order valence-corrected chi connectivity index (χ1v) is 7.78. The molecule has 2 heterocycles. The van der Waals surface area contributed by atoms with Gasteiger partial charge < -0.3 is 10.1 Å². The van der Waals surface area contributed by atoms with E-state index in [0.717, 1.165) is 16.8 Å². The monoisotopic (exact) mass is 301 g/mol. The Morgan fingerprint density at radius 1 is 1.24 bits per heavy atom. The Morgan fingerprint density at radius 3 is 2.67 bits per heavy atom. The molecule has 0 fully saturated rings. The average Bonchev–Trinajstić information content (AvgIpc) is 3.01. The maximum atomic E-state index is 11.9. The Kier molecular flexibility index (Phi) is 3.90. The number of carbonyl (C=O) groups is 1. The van der Waals surface area contributed by atoms with E-state index in [2.05, 4.69) is 15.3 Å². The largest absolute Gasteiger partial charge is 0.464 e. The first kappa shape index (κ1) is 14.0. The van der Waals surface area contributed by atoms with Crippen LogP contribution in [0.1, 0.15) is 21.7 Å². The Bertz CT molecular complexity index is 686. The lowest BCUT2D eigenvalue weighted by molar-refractivity contribution is 0.0592. The van der Waals surface area contributed by atoms with Gasteiger partial charge in [0.2, 0.25) is 0 Å². The van der Waals surface area contributed by atoms with Crippen LogP contribution in [0, 0.1) is 0 Å². The highest BCUT2D eigenvalue weighted by Crippen LogP contribution is 2.24. The third kappa shape index (κ3) is 2.64. The molecule has 0 spiro atoms. The SMILES string of the molecule is COC(=O)c1nc(-c2ccc(SC)cc2)nc2c1CNC2. The standard InChI is InChI=1S/C15H15N3O2S/c1-20-15(19)13-11-7-16-8-12(11)17-14(18-13)9-3-5-10(21-2)6-4-9/h3-6,16H,7-8H2,1-2H3. The van der Waals surface area contributed by atoms with Crippen molar-refractivity contribution in [3.05, 3.63) is 41.2 Å². The van der Waals surface area contributed by atoms with Crippen LogP contribution in [0.15, 0.2) is 29.2 Å². The number of hydrogen-bond donors (Lipinski definition) is 1. The van der Waals surface area contributed by atoms with Gasteiger partial charge in [-0.15, -0.1) is 11.8 Å². The van der Waals surface area contributed by atoms with Crippen LogP contribution in [0.25, 0.3) is 11.4 Å². The van der Waals surface area contributed by atoms with Crippen LogP contribution in [-0.2, 0) is 17.8 Å². The Labute approximate surface area is 127 Å². The quantitative estimate of drug-likeness (QED) is 0.693. The van der Waals surface area contributed by atoms with Gasteiger partial charge in [-0.3, -0.25) is 0 Å². The van der Waals surface area contributed by atoms with Crippen molar-refractivity contribution in [1.29, 1.82) is 0 Å². The molecule has 1 aromatic heterocycles. The van der Waals surface area contributed by atoms with Crippen LogP contribution in [0.2, 0.25) is 0 Å². The van der Waals surface area contributed by atoms with Gasteiger partial charge in [-0.25, -0.2) is 14.8 Å². The van der Waals surface area contributed by atoms with Crippen LogP contribution < -0.4 is 5.32 Å². The number of benzene rings is 1. The summed E-state index contributed by atoms with van der Waals surface area (Å²) in [5.74, 6) is 0.143. The normalized spacial score (nSPS) is 13.0. The molecule has 0 saturated carbocycles. The fraction of sp³-hybridized carbons (Fsp3) is 0.267. The van der Waals surface area contributed by atoms with E-state index >= 15 is 0 Å². The topological polar surface area (TPSA) is 64.1 Å². The zero-order valence-electron chi connectivity index (χ0n) is 11.8. The summed E-state index contributed by atoms with van der Waals surface area (Å²) in [6.45, 7) is 1.25. The second-order valence-electron chi connectivity index (χ2n) is 4.64. The summed E-state index contributed by atoms with van der Waals surface area (Å²) in [4.78, 5) is 22.1. The van der Waals surface area contributed by atoms with E-state index in [-0.39, 0.29) is 0 Å². The molecule has 0 unspecified atom stereocenters. The third-order valence-electron chi connectivity index (χ3n) is 3.41. The molecular weight excluding hydrogens is 286 g/mol. The number of fused-ring (bicyclic) bond motifs is 1. The summed E-state index contributed by atoms with van der Waals surface area (Å²) in [6, 6.07) is 7.98. The molecule has 1 aliphatic rings. The zero-order chi connectivity index (χ0) is 14.8. The Morgan fingerprint density at radius 2 is 2.00 bits per heavy atom. The average molecular weight is 301 g/mol. The van der Waals surface area contributed by atoms with E-state index in [1.807, 2.05) is 30.5 Å². The van der Waals surface area contributed by atoms with Gasteiger partial charge >= 0.3 is 5.97 Å². The molecule has 6 heteroatoms. The van der Waals surface area contributed by atoms with Gasteiger partial charge in [-0.05, 0) is 18.4 Å². The summed E-state index contributed by atoms with van der Waals surface area (Å²) >= 11 is 1.68. The van der Waals surface area contributed by atoms with Gasteiger partial charge in [0.05, 0.1) is 12.8 Å². The van der Waals surface area contributed by atoms with Gasteiger partial charge in [-0.2, -0.15) is 0 Å². The molecule has 1 N–H and O–H groups in total. The summed E-state index contributed by atoms with van der Waals surface area (Å²) < 4.78 is 4.83. The summed E-state index contributed by atoms with van der Waals surface area (Å²) in [7, 11) is 1.37. The highest BCUT2D eigenvalue weighted by molar-refractivity contribution is 7.98. The number of nitrogens with zero attached hydrogens (tertiary/aromatic N) is 2. The lowest BCUT2D eigenvalue weighted by atomic mass is 10.1. The highest BCUT2D eigenvalue weighted by atomic mass is 32.2. The van der Waals surface area contributed by atoms with Crippen molar-refractivity contribution >= 4 is 17.7 Å². The summed E-state index contributed by atoms with van der Waals surface area (Å²) in [5, 5.41) is 3.19. The lowest BCUT2D eigenvalue weighted by Gasteiger charge is -2.08. The number of hydrogen-bond acceptors (Lipinski definition) is 6. The number of carbonyl (C=O) groups excluding carboxylic acids is 1. The van der Waals surface area contributed by atoms with E-state index in [1.165, 1.54) is 12.0 Å². The van der Waals surface area contributed by atoms with Gasteiger partial charge in [0.25, 0.3) is 0 Å². The van der Waals surface area contributed by atoms with Crippen molar-refractivity contribution in [2.75, 3.05) is 13.4 Å². The van der Waals surface area contributed by atoms with Gasteiger partial charge in [0.15, 0.2) is 11.5 Å². The van der Waals surface area contributed by atoms with E-state index in [0.29, 0.717) is 24.6 Å². The van der Waals surface area contributed by atoms with Gasteiger partial charge in [0.1, 0.15) is 0 Å². The molecule has 0 aliphatic carbocycles. The van der Waals surface area contributed by atoms with Crippen LogP contribution in [-0.4, -0.2) is 29.3 Å². The molecule has 5 nitrogen and oxygen atoms in total. The molecule has 108 valence electrons. The molecule has 3 rings (SSSR count). The van der Waals surface area contributed by atoms with Crippen LogP contribution >= 0.6 is 11.8 Å². The van der Waals surface area contributed by atoms with Crippen LogP contribution in [0.5, 0.6) is 0 Å². The van der Waals surface area contributed by atoms with Crippen LogP contribution in [0.3, 0.4) is 0 Å². The number of nitrogens with one attached hydrogen (secondary N) is 1. The number of aromatic nitrogens is 2. The second kappa shape index (κ2) is 5.83. The van der Waals surface area contributed by atoms with Crippen molar-refractivity contribution in [3.63, 3.8) is 0 Å². The molecule has 0 amide bonds. The van der Waals surface area contributed by atoms with Crippen LogP contribution in [0.4, 0.5) is 0 Å². The summed E-state index contributed by atoms with van der Waals surface area (Å²) in [6.07, 6.45) is 2.03. The summed E-state index contributed by atoms with van der Waals surface area (Å²) in [5.41, 5.74) is 2.96. The lowest BCUT2D eigenvalue weighted by Crippen LogP contribution is -2.11. The minimum atomic E-state index is -0.417. The van der Waals surface area contributed by atoms with Crippen molar-refractivity contribution in [2.24, 2.45) is 0 Å². The molecule has 0 atom stereocenters. The second-order valence-corrected chi connectivity index (χ2v) is 5.52. The Hall–Kier alpha value is -1.92. The zero-order valence-corrected chi connectivity index (χ0v) is 12.7. The molecule has 21 heavy (non-hydrogen) atoms. The smallest absolute Gasteiger partial charge is 0.357 e. The number of ether oxygens (including phenoxy) is 1. The van der Waals surface area contributed by atoms with Gasteiger partial charge in [0, 0.05) is 29.1 Å². The number of methoxy groups -OCH3 is 1. The van der Waals surface area contributed by atoms with Crippen molar-refractivity contribution in [1.82, 2.24) is 15.3 Å². The van der Waals surface area contributed by atoms with E-state index in [4.69, 9.17) is 4.74 Å². The number of thioether (sulfide) groups is 1. The van der Waals surface area contributed by atoms with Crippen molar-refractivity contribution in [2.45, 2.75) is 18.0 Å². The highest BCUT2D eigenvalue weighted by Gasteiger charge is 2.24. The molecular formula is C15H15N3O2S. The Balaban J connectivity index is 2.08. The third-order valence-corrected chi connectivity index (χ3v) is 4.16. The molecule has 2 aromatic rings. The van der Waals surface area contributed by atoms with Crippen molar-refractivity contribution < 1.29 is 9.53 Å². The molecule has 0 saturated heterocycles. The fourth-order valence-electron chi connectivity index (χ4n) is 2.30. The minimum absolute atomic E-state index is 0.358. The fourth-order valence-corrected chi connectivity index (χ4v) is 2.71. The minimum Gasteiger partial charge on any atom is -0.464 e. The maximum absolute atomic E-state index is 11.9. The number of esters is 1. The van der Waals surface area contributed by atoms with Crippen molar-refractivity contribution in [3.8, 4) is 11.4 Å². The maximum Gasteiger partial charge on any atom is 0.357 e. The van der Waals surface area contributed by atoms with E-state index < -0.39 is 5.97 Å². The molecule has 0 radical (unpaired) electrons. The number of rotatable bonds is 3.